The molecule has 2 aliphatic heterocycles. The minimum Gasteiger partial charge on any atom is -0.336 e. The molecule has 29 heavy (non-hydrogen) atoms. The van der Waals surface area contributed by atoms with Gasteiger partial charge in [-0.2, -0.15) is 0 Å². The van der Waals surface area contributed by atoms with Gasteiger partial charge in [0.2, 0.25) is 11.8 Å². The van der Waals surface area contributed by atoms with Gasteiger partial charge in [-0.1, -0.05) is 60.3 Å². The number of aryl methyl sites for hydroxylation is 1. The van der Waals surface area contributed by atoms with Gasteiger partial charge in [0.15, 0.2) is 5.78 Å². The van der Waals surface area contributed by atoms with Crippen molar-refractivity contribution in [3.63, 3.8) is 0 Å². The van der Waals surface area contributed by atoms with Crippen LogP contribution < -0.4 is 0 Å². The van der Waals surface area contributed by atoms with Crippen LogP contribution in [0, 0.1) is 6.92 Å². The number of hydrogen-bond acceptors (Lipinski definition) is 4. The molecule has 0 aromatic heterocycles. The number of amides is 2. The summed E-state index contributed by atoms with van der Waals surface area (Å²) in [5.74, 6) is -0.123. The quantitative estimate of drug-likeness (QED) is 0.578. The first-order valence-electron chi connectivity index (χ1n) is 9.62. The minimum absolute atomic E-state index is 0.0269. The molecule has 4 rings (SSSR count). The van der Waals surface area contributed by atoms with Gasteiger partial charge >= 0.3 is 0 Å². The van der Waals surface area contributed by atoms with Crippen molar-refractivity contribution in [3.05, 3.63) is 81.9 Å². The van der Waals surface area contributed by atoms with E-state index in [9.17, 15) is 14.4 Å². The zero-order chi connectivity index (χ0) is 20.4. The molecule has 0 saturated carbocycles. The van der Waals surface area contributed by atoms with Crippen LogP contribution in [0.15, 0.2) is 59.6 Å². The standard InChI is InChI=1S/C23H22N2O3S/c1-16-6-2-5-9-19(16)20(26)12-23-25(22(28)15-29-23)14-21(27)24-11-10-17-7-3-4-8-18(17)13-24/h2-9,12H,10-11,13-15H2,1H3/b23-12-. The van der Waals surface area contributed by atoms with Gasteiger partial charge in [0.05, 0.1) is 10.8 Å². The molecule has 2 aromatic rings. The van der Waals surface area contributed by atoms with Gasteiger partial charge in [-0.05, 0) is 30.0 Å². The van der Waals surface area contributed by atoms with Crippen molar-refractivity contribution in [1.29, 1.82) is 0 Å². The van der Waals surface area contributed by atoms with E-state index in [0.29, 0.717) is 23.7 Å². The van der Waals surface area contributed by atoms with E-state index in [1.807, 2.05) is 43.3 Å². The van der Waals surface area contributed by atoms with E-state index in [1.54, 1.807) is 11.0 Å². The molecule has 0 aliphatic carbocycles. The topological polar surface area (TPSA) is 57.7 Å². The van der Waals surface area contributed by atoms with Crippen molar-refractivity contribution >= 4 is 29.4 Å². The van der Waals surface area contributed by atoms with Crippen LogP contribution >= 0.6 is 11.8 Å². The first kappa shape index (κ1) is 19.5. The average Bonchev–Trinajstić information content (AvgIpc) is 3.07. The molecule has 2 amide bonds. The monoisotopic (exact) mass is 406 g/mol. The van der Waals surface area contributed by atoms with Gasteiger partial charge in [0.1, 0.15) is 6.54 Å². The molecule has 2 heterocycles. The number of fused-ring (bicyclic) bond motifs is 1. The van der Waals surface area contributed by atoms with Crippen molar-refractivity contribution in [2.45, 2.75) is 19.9 Å². The minimum atomic E-state index is -0.148. The van der Waals surface area contributed by atoms with Crippen molar-refractivity contribution in [1.82, 2.24) is 9.80 Å². The Morgan fingerprint density at radius 1 is 1.07 bits per heavy atom. The second-order valence-corrected chi connectivity index (χ2v) is 8.26. The van der Waals surface area contributed by atoms with Crippen LogP contribution in [0.2, 0.25) is 0 Å². The molecule has 2 aromatic carbocycles. The molecule has 148 valence electrons. The van der Waals surface area contributed by atoms with Crippen molar-refractivity contribution in [3.8, 4) is 0 Å². The Balaban J connectivity index is 1.48. The molecule has 0 N–H and O–H groups in total. The van der Waals surface area contributed by atoms with Crippen LogP contribution in [-0.4, -0.2) is 46.2 Å². The largest absolute Gasteiger partial charge is 0.336 e. The fourth-order valence-electron chi connectivity index (χ4n) is 3.68. The number of hydrogen-bond donors (Lipinski definition) is 0. The molecular formula is C23H22N2O3S. The zero-order valence-corrected chi connectivity index (χ0v) is 17.1. The molecule has 6 heteroatoms. The molecule has 0 radical (unpaired) electrons. The highest BCUT2D eigenvalue weighted by atomic mass is 32.2. The summed E-state index contributed by atoms with van der Waals surface area (Å²) in [6.45, 7) is 3.06. The van der Waals surface area contributed by atoms with Gasteiger partial charge in [-0.3, -0.25) is 19.3 Å². The highest BCUT2D eigenvalue weighted by Crippen LogP contribution is 2.30. The number of rotatable bonds is 4. The Labute approximate surface area is 174 Å². The second-order valence-electron chi connectivity index (χ2n) is 7.26. The summed E-state index contributed by atoms with van der Waals surface area (Å²) in [7, 11) is 0. The third-order valence-electron chi connectivity index (χ3n) is 5.35. The van der Waals surface area contributed by atoms with E-state index in [1.165, 1.54) is 28.3 Å². The van der Waals surface area contributed by atoms with Gasteiger partial charge in [-0.15, -0.1) is 0 Å². The third kappa shape index (κ3) is 4.12. The van der Waals surface area contributed by atoms with Crippen LogP contribution in [0.1, 0.15) is 27.0 Å². The summed E-state index contributed by atoms with van der Waals surface area (Å²) in [6, 6.07) is 15.5. The normalized spacial score (nSPS) is 17.6. The number of benzene rings is 2. The van der Waals surface area contributed by atoms with Crippen LogP contribution in [0.25, 0.3) is 0 Å². The summed E-state index contributed by atoms with van der Waals surface area (Å²) in [5.41, 5.74) is 3.92. The number of carbonyl (C=O) groups is 3. The van der Waals surface area contributed by atoms with Crippen LogP contribution in [0.4, 0.5) is 0 Å². The summed E-state index contributed by atoms with van der Waals surface area (Å²) in [6.07, 6.45) is 2.30. The highest BCUT2D eigenvalue weighted by Gasteiger charge is 2.31. The smallest absolute Gasteiger partial charge is 0.242 e. The van der Waals surface area contributed by atoms with E-state index in [0.717, 1.165) is 17.5 Å². The lowest BCUT2D eigenvalue weighted by atomic mass is 10.00. The lowest BCUT2D eigenvalue weighted by molar-refractivity contribution is -0.137. The lowest BCUT2D eigenvalue weighted by Gasteiger charge is -2.30. The van der Waals surface area contributed by atoms with Crippen molar-refractivity contribution in [2.24, 2.45) is 0 Å². The number of nitrogens with zero attached hydrogens (tertiary/aromatic N) is 2. The number of allylic oxidation sites excluding steroid dienone is 1. The number of thioether (sulfide) groups is 1. The van der Waals surface area contributed by atoms with Crippen LogP contribution in [-0.2, 0) is 22.6 Å². The maximum absolute atomic E-state index is 12.9. The fourth-order valence-corrected chi connectivity index (χ4v) is 4.62. The number of ketones is 1. The lowest BCUT2D eigenvalue weighted by Crippen LogP contribution is -2.42. The van der Waals surface area contributed by atoms with Gasteiger partial charge in [-0.25, -0.2) is 0 Å². The summed E-state index contributed by atoms with van der Waals surface area (Å²) < 4.78 is 0. The molecule has 0 spiro atoms. The van der Waals surface area contributed by atoms with Gasteiger partial charge in [0, 0.05) is 24.7 Å². The molecular weight excluding hydrogens is 384 g/mol. The van der Waals surface area contributed by atoms with Gasteiger partial charge < -0.3 is 4.90 Å². The molecule has 0 bridgehead atoms. The maximum atomic E-state index is 12.9. The van der Waals surface area contributed by atoms with E-state index < -0.39 is 0 Å². The summed E-state index contributed by atoms with van der Waals surface area (Å²) in [4.78, 5) is 41.2. The average molecular weight is 407 g/mol. The summed E-state index contributed by atoms with van der Waals surface area (Å²) >= 11 is 1.31. The zero-order valence-electron chi connectivity index (χ0n) is 16.3. The Bertz CT molecular complexity index is 1010. The molecule has 0 unspecified atom stereocenters. The second kappa shape index (κ2) is 8.25. The Morgan fingerprint density at radius 3 is 2.59 bits per heavy atom. The van der Waals surface area contributed by atoms with Crippen LogP contribution in [0.5, 0.6) is 0 Å². The predicted octanol–water partition coefficient (Wildman–Crippen LogP) is 3.18. The fraction of sp³-hybridized carbons (Fsp3) is 0.261. The Kier molecular flexibility index (Phi) is 5.53. The maximum Gasteiger partial charge on any atom is 0.242 e. The first-order valence-corrected chi connectivity index (χ1v) is 10.6. The van der Waals surface area contributed by atoms with E-state index in [4.69, 9.17) is 0 Å². The Hall–Kier alpha value is -2.86. The molecule has 2 aliphatic rings. The molecule has 1 saturated heterocycles. The SMILES string of the molecule is Cc1ccccc1C(=O)/C=C1\SCC(=O)N1CC(=O)N1CCc2ccccc2C1. The first-order chi connectivity index (χ1) is 14.0. The number of carbonyl (C=O) groups excluding carboxylic acids is 3. The van der Waals surface area contributed by atoms with Gasteiger partial charge in [0.25, 0.3) is 0 Å². The van der Waals surface area contributed by atoms with E-state index >= 15 is 0 Å². The predicted molar refractivity (Wildman–Crippen MR) is 113 cm³/mol. The molecule has 0 atom stereocenters. The third-order valence-corrected chi connectivity index (χ3v) is 6.38. The van der Waals surface area contributed by atoms with Crippen LogP contribution in [0.3, 0.4) is 0 Å². The Morgan fingerprint density at radius 2 is 1.79 bits per heavy atom. The van der Waals surface area contributed by atoms with E-state index in [-0.39, 0.29) is 29.9 Å². The molecule has 1 fully saturated rings. The van der Waals surface area contributed by atoms with Crippen molar-refractivity contribution in [2.75, 3.05) is 18.8 Å². The highest BCUT2D eigenvalue weighted by molar-refractivity contribution is 8.04. The van der Waals surface area contributed by atoms with Crippen molar-refractivity contribution < 1.29 is 14.4 Å². The van der Waals surface area contributed by atoms with E-state index in [2.05, 4.69) is 6.07 Å². The molecule has 5 nitrogen and oxygen atoms in total. The summed E-state index contributed by atoms with van der Waals surface area (Å²) in [5, 5.41) is 0.550.